The SMILES string of the molecule is CC(C)C[C@H](NC(=O)[C@H](CCNC(=O)Cc1ccccc1)N[C@H](C)C(=O)O)C(=O)Nc1ccccc1. The minimum Gasteiger partial charge on any atom is -0.480 e. The van der Waals surface area contributed by atoms with Crippen LogP contribution in [0.4, 0.5) is 5.69 Å². The van der Waals surface area contributed by atoms with Crippen LogP contribution in [0, 0.1) is 5.92 Å². The van der Waals surface area contributed by atoms with E-state index in [9.17, 15) is 24.3 Å². The molecule has 0 fully saturated rings. The van der Waals surface area contributed by atoms with Gasteiger partial charge in [-0.15, -0.1) is 0 Å². The number of hydrogen-bond acceptors (Lipinski definition) is 5. The standard InChI is InChI=1S/C27H36N4O5/c1-18(2)16-23(26(34)30-21-12-8-5-9-13-21)31-25(33)22(29-19(3)27(35)36)14-15-28-24(32)17-20-10-6-4-7-11-20/h4-13,18-19,22-23,29H,14-17H2,1-3H3,(H,28,32)(H,30,34)(H,31,33)(H,35,36)/t19-,22+,23+/m1/s1. The molecule has 0 radical (unpaired) electrons. The molecule has 194 valence electrons. The van der Waals surface area contributed by atoms with Gasteiger partial charge in [0.2, 0.25) is 17.7 Å². The summed E-state index contributed by atoms with van der Waals surface area (Å²) >= 11 is 0. The molecule has 0 aliphatic carbocycles. The molecular weight excluding hydrogens is 460 g/mol. The molecule has 0 aliphatic rings. The molecule has 0 unspecified atom stereocenters. The lowest BCUT2D eigenvalue weighted by atomic mass is 10.0. The van der Waals surface area contributed by atoms with E-state index in [2.05, 4.69) is 21.3 Å². The number of rotatable bonds is 14. The third kappa shape index (κ3) is 10.3. The summed E-state index contributed by atoms with van der Waals surface area (Å²) in [4.78, 5) is 49.7. The van der Waals surface area contributed by atoms with Crippen molar-refractivity contribution in [2.75, 3.05) is 11.9 Å². The van der Waals surface area contributed by atoms with Crippen molar-refractivity contribution in [1.29, 1.82) is 0 Å². The molecule has 0 aromatic heterocycles. The van der Waals surface area contributed by atoms with Gasteiger partial charge in [0.1, 0.15) is 12.1 Å². The number of anilines is 1. The number of amides is 3. The number of carboxylic acids is 1. The Morgan fingerprint density at radius 3 is 2.03 bits per heavy atom. The Morgan fingerprint density at radius 2 is 1.44 bits per heavy atom. The molecule has 3 amide bonds. The second-order valence-corrected chi connectivity index (χ2v) is 9.13. The molecule has 3 atom stereocenters. The lowest BCUT2D eigenvalue weighted by molar-refractivity contribution is -0.139. The first-order valence-electron chi connectivity index (χ1n) is 12.1. The van der Waals surface area contributed by atoms with Crippen LogP contribution in [0.1, 0.15) is 39.2 Å². The van der Waals surface area contributed by atoms with Crippen LogP contribution in [0.25, 0.3) is 0 Å². The van der Waals surface area contributed by atoms with Crippen LogP contribution in [-0.2, 0) is 25.6 Å². The van der Waals surface area contributed by atoms with E-state index in [1.807, 2.05) is 50.2 Å². The fourth-order valence-corrected chi connectivity index (χ4v) is 3.59. The third-order valence-corrected chi connectivity index (χ3v) is 5.48. The summed E-state index contributed by atoms with van der Waals surface area (Å²) in [5.41, 5.74) is 1.48. The number of para-hydroxylation sites is 1. The topological polar surface area (TPSA) is 137 Å². The second kappa shape index (κ2) is 14.6. The first-order valence-corrected chi connectivity index (χ1v) is 12.1. The maximum absolute atomic E-state index is 13.2. The summed E-state index contributed by atoms with van der Waals surface area (Å²) in [6.07, 6.45) is 0.755. The maximum Gasteiger partial charge on any atom is 0.320 e. The third-order valence-electron chi connectivity index (χ3n) is 5.48. The predicted molar refractivity (Wildman–Crippen MR) is 138 cm³/mol. The van der Waals surface area contributed by atoms with Gasteiger partial charge in [0.15, 0.2) is 0 Å². The highest BCUT2D eigenvalue weighted by molar-refractivity contribution is 5.98. The Morgan fingerprint density at radius 1 is 0.833 bits per heavy atom. The summed E-state index contributed by atoms with van der Waals surface area (Å²) in [5.74, 6) is -2.05. The lowest BCUT2D eigenvalue weighted by Gasteiger charge is -2.25. The largest absolute Gasteiger partial charge is 0.480 e. The molecule has 0 spiro atoms. The quantitative estimate of drug-likeness (QED) is 0.272. The number of hydrogen-bond donors (Lipinski definition) is 5. The van der Waals surface area contributed by atoms with Gasteiger partial charge in [0, 0.05) is 12.2 Å². The number of carbonyl (C=O) groups excluding carboxylic acids is 3. The molecular formula is C27H36N4O5. The lowest BCUT2D eigenvalue weighted by Crippen LogP contribution is -2.55. The first kappa shape index (κ1) is 28.5. The van der Waals surface area contributed by atoms with Crippen molar-refractivity contribution < 1.29 is 24.3 Å². The van der Waals surface area contributed by atoms with E-state index < -0.39 is 30.0 Å². The van der Waals surface area contributed by atoms with Gasteiger partial charge in [-0.3, -0.25) is 24.5 Å². The molecule has 36 heavy (non-hydrogen) atoms. The normalized spacial score (nSPS) is 13.3. The highest BCUT2D eigenvalue weighted by atomic mass is 16.4. The zero-order chi connectivity index (χ0) is 26.5. The summed E-state index contributed by atoms with van der Waals surface area (Å²) in [5, 5.41) is 20.5. The Kier molecular flexibility index (Phi) is 11.6. The van der Waals surface area contributed by atoms with Gasteiger partial charge < -0.3 is 21.1 Å². The van der Waals surface area contributed by atoms with Gasteiger partial charge in [-0.05, 0) is 43.4 Å². The Hall–Kier alpha value is -3.72. The van der Waals surface area contributed by atoms with Crippen molar-refractivity contribution in [1.82, 2.24) is 16.0 Å². The van der Waals surface area contributed by atoms with E-state index in [1.165, 1.54) is 6.92 Å². The van der Waals surface area contributed by atoms with Gasteiger partial charge in [0.05, 0.1) is 12.5 Å². The number of carbonyl (C=O) groups is 4. The predicted octanol–water partition coefficient (Wildman–Crippen LogP) is 2.34. The highest BCUT2D eigenvalue weighted by Gasteiger charge is 2.28. The number of benzene rings is 2. The second-order valence-electron chi connectivity index (χ2n) is 9.13. The Bertz CT molecular complexity index is 998. The Labute approximate surface area is 212 Å². The summed E-state index contributed by atoms with van der Waals surface area (Å²) in [6, 6.07) is 15.5. The number of nitrogens with one attached hydrogen (secondary N) is 4. The van der Waals surface area contributed by atoms with E-state index in [0.717, 1.165) is 5.56 Å². The molecule has 0 saturated heterocycles. The van der Waals surface area contributed by atoms with Crippen LogP contribution >= 0.6 is 0 Å². The number of aliphatic carboxylic acids is 1. The van der Waals surface area contributed by atoms with Gasteiger partial charge in [0.25, 0.3) is 0 Å². The average Bonchev–Trinajstić information content (AvgIpc) is 2.83. The van der Waals surface area contributed by atoms with Crippen LogP contribution in [-0.4, -0.2) is 53.5 Å². The van der Waals surface area contributed by atoms with Crippen molar-refractivity contribution in [3.63, 3.8) is 0 Å². The summed E-state index contributed by atoms with van der Waals surface area (Å²) < 4.78 is 0. The first-order chi connectivity index (χ1) is 17.2. The smallest absolute Gasteiger partial charge is 0.320 e. The molecule has 2 aromatic carbocycles. The average molecular weight is 497 g/mol. The van der Waals surface area contributed by atoms with Gasteiger partial charge in [-0.1, -0.05) is 62.4 Å². The van der Waals surface area contributed by atoms with E-state index >= 15 is 0 Å². The van der Waals surface area contributed by atoms with Crippen LogP contribution in [0.5, 0.6) is 0 Å². The van der Waals surface area contributed by atoms with Crippen LogP contribution in [0.2, 0.25) is 0 Å². The van der Waals surface area contributed by atoms with Crippen molar-refractivity contribution in [2.45, 2.75) is 58.2 Å². The Balaban J connectivity index is 2.03. The molecule has 0 aliphatic heterocycles. The van der Waals surface area contributed by atoms with Gasteiger partial charge in [-0.2, -0.15) is 0 Å². The molecule has 0 heterocycles. The minimum atomic E-state index is -1.11. The monoisotopic (exact) mass is 496 g/mol. The fourth-order valence-electron chi connectivity index (χ4n) is 3.59. The zero-order valence-electron chi connectivity index (χ0n) is 21.0. The van der Waals surface area contributed by atoms with E-state index in [1.54, 1.807) is 24.3 Å². The molecule has 0 bridgehead atoms. The van der Waals surface area contributed by atoms with Gasteiger partial charge in [-0.25, -0.2) is 0 Å². The van der Waals surface area contributed by atoms with E-state index in [-0.39, 0.29) is 37.1 Å². The summed E-state index contributed by atoms with van der Waals surface area (Å²) in [6.45, 7) is 5.48. The molecule has 0 saturated carbocycles. The van der Waals surface area contributed by atoms with Crippen molar-refractivity contribution >= 4 is 29.4 Å². The minimum absolute atomic E-state index is 0.124. The van der Waals surface area contributed by atoms with Crippen molar-refractivity contribution in [2.24, 2.45) is 5.92 Å². The van der Waals surface area contributed by atoms with E-state index in [4.69, 9.17) is 0 Å². The van der Waals surface area contributed by atoms with E-state index in [0.29, 0.717) is 12.1 Å². The fraction of sp³-hybridized carbons (Fsp3) is 0.407. The summed E-state index contributed by atoms with van der Waals surface area (Å²) in [7, 11) is 0. The number of carboxylic acid groups (broad SMARTS) is 1. The zero-order valence-corrected chi connectivity index (χ0v) is 21.0. The molecule has 9 heteroatoms. The highest BCUT2D eigenvalue weighted by Crippen LogP contribution is 2.11. The van der Waals surface area contributed by atoms with Crippen LogP contribution < -0.4 is 21.3 Å². The van der Waals surface area contributed by atoms with Gasteiger partial charge >= 0.3 is 5.97 Å². The molecule has 9 nitrogen and oxygen atoms in total. The van der Waals surface area contributed by atoms with Crippen LogP contribution in [0.15, 0.2) is 60.7 Å². The van der Waals surface area contributed by atoms with Crippen molar-refractivity contribution in [3.8, 4) is 0 Å². The molecule has 2 rings (SSSR count). The molecule has 5 N–H and O–H groups in total. The maximum atomic E-state index is 13.2. The molecule has 2 aromatic rings. The van der Waals surface area contributed by atoms with Crippen LogP contribution in [0.3, 0.4) is 0 Å². The van der Waals surface area contributed by atoms with Crippen molar-refractivity contribution in [3.05, 3.63) is 66.2 Å².